The van der Waals surface area contributed by atoms with Crippen LogP contribution in [0.1, 0.15) is 35.6 Å². The van der Waals surface area contributed by atoms with E-state index in [2.05, 4.69) is 37.4 Å². The van der Waals surface area contributed by atoms with Gasteiger partial charge in [0.2, 0.25) is 0 Å². The lowest BCUT2D eigenvalue weighted by atomic mass is 9.92. The molecule has 1 saturated heterocycles. The van der Waals surface area contributed by atoms with Gasteiger partial charge in [0.15, 0.2) is 0 Å². The Morgan fingerprint density at radius 3 is 2.80 bits per heavy atom. The van der Waals surface area contributed by atoms with Gasteiger partial charge in [-0.2, -0.15) is 0 Å². The zero-order valence-electron chi connectivity index (χ0n) is 9.46. The van der Waals surface area contributed by atoms with Crippen molar-refractivity contribution in [1.82, 2.24) is 5.32 Å². The first-order valence-electron chi connectivity index (χ1n) is 5.65. The van der Waals surface area contributed by atoms with E-state index in [-0.39, 0.29) is 6.10 Å². The van der Waals surface area contributed by atoms with E-state index >= 15 is 0 Å². The van der Waals surface area contributed by atoms with E-state index in [9.17, 15) is 5.11 Å². The second kappa shape index (κ2) is 4.33. The SMILES string of the molecule is Cc1ccc(C2CC(O)CCN2)c(C)c1. The Hall–Kier alpha value is -0.860. The number of rotatable bonds is 1. The monoisotopic (exact) mass is 205 g/mol. The lowest BCUT2D eigenvalue weighted by Crippen LogP contribution is -2.34. The molecule has 1 fully saturated rings. The molecule has 2 heteroatoms. The van der Waals surface area contributed by atoms with Crippen molar-refractivity contribution in [2.75, 3.05) is 6.54 Å². The van der Waals surface area contributed by atoms with E-state index < -0.39 is 0 Å². The Bertz CT molecular complexity index is 348. The summed E-state index contributed by atoms with van der Waals surface area (Å²) < 4.78 is 0. The number of nitrogens with one attached hydrogen (secondary N) is 1. The highest BCUT2D eigenvalue weighted by molar-refractivity contribution is 5.33. The molecule has 1 heterocycles. The van der Waals surface area contributed by atoms with E-state index in [1.807, 2.05) is 0 Å². The van der Waals surface area contributed by atoms with Gasteiger partial charge in [-0.25, -0.2) is 0 Å². The van der Waals surface area contributed by atoms with E-state index in [0.29, 0.717) is 6.04 Å². The summed E-state index contributed by atoms with van der Waals surface area (Å²) in [5.74, 6) is 0. The Morgan fingerprint density at radius 1 is 1.33 bits per heavy atom. The fourth-order valence-electron chi connectivity index (χ4n) is 2.35. The zero-order valence-corrected chi connectivity index (χ0v) is 9.46. The third kappa shape index (κ3) is 2.39. The summed E-state index contributed by atoms with van der Waals surface area (Å²) in [4.78, 5) is 0. The highest BCUT2D eigenvalue weighted by Crippen LogP contribution is 2.26. The van der Waals surface area contributed by atoms with Crippen LogP contribution in [0.25, 0.3) is 0 Å². The third-order valence-electron chi connectivity index (χ3n) is 3.18. The first kappa shape index (κ1) is 10.7. The normalized spacial score (nSPS) is 26.6. The van der Waals surface area contributed by atoms with Gasteiger partial charge in [0.05, 0.1) is 6.10 Å². The summed E-state index contributed by atoms with van der Waals surface area (Å²) in [5, 5.41) is 13.1. The maximum Gasteiger partial charge on any atom is 0.0570 e. The first-order chi connectivity index (χ1) is 7.16. The molecule has 0 spiro atoms. The smallest absolute Gasteiger partial charge is 0.0570 e. The topological polar surface area (TPSA) is 32.3 Å². The summed E-state index contributed by atoms with van der Waals surface area (Å²) in [5.41, 5.74) is 3.95. The quantitative estimate of drug-likeness (QED) is 0.735. The lowest BCUT2D eigenvalue weighted by Gasteiger charge is -2.28. The van der Waals surface area contributed by atoms with Gasteiger partial charge < -0.3 is 10.4 Å². The summed E-state index contributed by atoms with van der Waals surface area (Å²) in [6, 6.07) is 6.86. The van der Waals surface area contributed by atoms with Gasteiger partial charge in [0.1, 0.15) is 0 Å². The maximum atomic E-state index is 9.65. The van der Waals surface area contributed by atoms with Crippen LogP contribution >= 0.6 is 0 Å². The molecular weight excluding hydrogens is 186 g/mol. The van der Waals surface area contributed by atoms with Gasteiger partial charge in [0, 0.05) is 6.04 Å². The molecule has 0 bridgehead atoms. The van der Waals surface area contributed by atoms with Crippen LogP contribution in [0.15, 0.2) is 18.2 Å². The van der Waals surface area contributed by atoms with E-state index in [4.69, 9.17) is 0 Å². The average molecular weight is 205 g/mol. The van der Waals surface area contributed by atoms with Crippen molar-refractivity contribution >= 4 is 0 Å². The van der Waals surface area contributed by atoms with Gasteiger partial charge in [-0.05, 0) is 44.4 Å². The molecule has 2 atom stereocenters. The molecule has 0 aliphatic carbocycles. The maximum absolute atomic E-state index is 9.65. The fraction of sp³-hybridized carbons (Fsp3) is 0.538. The number of hydrogen-bond donors (Lipinski definition) is 2. The summed E-state index contributed by atoms with van der Waals surface area (Å²) in [6.45, 7) is 5.17. The van der Waals surface area contributed by atoms with Gasteiger partial charge >= 0.3 is 0 Å². The van der Waals surface area contributed by atoms with Crippen LogP contribution in [0.3, 0.4) is 0 Å². The standard InChI is InChI=1S/C13H19NO/c1-9-3-4-12(10(2)7-9)13-8-11(15)5-6-14-13/h3-4,7,11,13-15H,5-6,8H2,1-2H3. The number of benzene rings is 1. The third-order valence-corrected chi connectivity index (χ3v) is 3.18. The molecular formula is C13H19NO. The molecule has 2 unspecified atom stereocenters. The Balaban J connectivity index is 2.21. The molecule has 0 saturated carbocycles. The molecule has 0 aromatic heterocycles. The van der Waals surface area contributed by atoms with Gasteiger partial charge in [-0.1, -0.05) is 23.8 Å². The first-order valence-corrected chi connectivity index (χ1v) is 5.65. The van der Waals surface area contributed by atoms with E-state index in [0.717, 1.165) is 19.4 Å². The van der Waals surface area contributed by atoms with Crippen LogP contribution in [0.5, 0.6) is 0 Å². The molecule has 15 heavy (non-hydrogen) atoms. The predicted molar refractivity (Wildman–Crippen MR) is 61.9 cm³/mol. The highest BCUT2D eigenvalue weighted by Gasteiger charge is 2.21. The number of piperidine rings is 1. The second-order valence-corrected chi connectivity index (χ2v) is 4.54. The molecule has 82 valence electrons. The van der Waals surface area contributed by atoms with Crippen LogP contribution in [-0.2, 0) is 0 Å². The molecule has 2 nitrogen and oxygen atoms in total. The van der Waals surface area contributed by atoms with Crippen LogP contribution in [0.4, 0.5) is 0 Å². The number of hydrogen-bond acceptors (Lipinski definition) is 2. The van der Waals surface area contributed by atoms with Crippen molar-refractivity contribution in [2.45, 2.75) is 38.8 Å². The minimum atomic E-state index is -0.142. The zero-order chi connectivity index (χ0) is 10.8. The average Bonchev–Trinajstić information content (AvgIpc) is 2.17. The minimum absolute atomic E-state index is 0.142. The number of aliphatic hydroxyl groups excluding tert-OH is 1. The minimum Gasteiger partial charge on any atom is -0.393 e. The summed E-state index contributed by atoms with van der Waals surface area (Å²) in [7, 11) is 0. The summed E-state index contributed by atoms with van der Waals surface area (Å²) in [6.07, 6.45) is 1.57. The molecule has 0 amide bonds. The Kier molecular flexibility index (Phi) is 3.08. The van der Waals surface area contributed by atoms with Gasteiger partial charge in [-0.15, -0.1) is 0 Å². The van der Waals surface area contributed by atoms with Crippen molar-refractivity contribution in [3.05, 3.63) is 34.9 Å². The number of aliphatic hydroxyl groups is 1. The molecule has 1 aliphatic heterocycles. The molecule has 1 aromatic carbocycles. The fourth-order valence-corrected chi connectivity index (χ4v) is 2.35. The van der Waals surface area contributed by atoms with Crippen molar-refractivity contribution < 1.29 is 5.11 Å². The van der Waals surface area contributed by atoms with Crippen molar-refractivity contribution in [1.29, 1.82) is 0 Å². The second-order valence-electron chi connectivity index (χ2n) is 4.54. The van der Waals surface area contributed by atoms with Crippen LogP contribution in [-0.4, -0.2) is 17.8 Å². The summed E-state index contributed by atoms with van der Waals surface area (Å²) >= 11 is 0. The molecule has 1 aliphatic rings. The van der Waals surface area contributed by atoms with Crippen molar-refractivity contribution in [3.63, 3.8) is 0 Å². The molecule has 2 rings (SSSR count). The van der Waals surface area contributed by atoms with Gasteiger partial charge in [0.25, 0.3) is 0 Å². The van der Waals surface area contributed by atoms with Crippen molar-refractivity contribution in [3.8, 4) is 0 Å². The van der Waals surface area contributed by atoms with Crippen LogP contribution < -0.4 is 5.32 Å². The van der Waals surface area contributed by atoms with E-state index in [1.54, 1.807) is 0 Å². The molecule has 0 radical (unpaired) electrons. The number of aryl methyl sites for hydroxylation is 2. The van der Waals surface area contributed by atoms with E-state index in [1.165, 1.54) is 16.7 Å². The Morgan fingerprint density at radius 2 is 2.13 bits per heavy atom. The predicted octanol–water partition coefficient (Wildman–Crippen LogP) is 2.09. The molecule has 1 aromatic rings. The molecule has 2 N–H and O–H groups in total. The van der Waals surface area contributed by atoms with Crippen molar-refractivity contribution in [2.24, 2.45) is 0 Å². The Labute approximate surface area is 91.3 Å². The highest BCUT2D eigenvalue weighted by atomic mass is 16.3. The van der Waals surface area contributed by atoms with Gasteiger partial charge in [-0.3, -0.25) is 0 Å². The lowest BCUT2D eigenvalue weighted by molar-refractivity contribution is 0.116. The van der Waals surface area contributed by atoms with Crippen LogP contribution in [0, 0.1) is 13.8 Å². The largest absolute Gasteiger partial charge is 0.393 e. The van der Waals surface area contributed by atoms with Crippen LogP contribution in [0.2, 0.25) is 0 Å².